The molecule has 0 atom stereocenters. The molecular formula is C14H11ClN4S. The van der Waals surface area contributed by atoms with Crippen LogP contribution in [0.2, 0.25) is 5.02 Å². The van der Waals surface area contributed by atoms with E-state index in [1.54, 1.807) is 24.5 Å². The Balaban J connectivity index is 1.84. The van der Waals surface area contributed by atoms with Gasteiger partial charge in [0.05, 0.1) is 16.4 Å². The lowest BCUT2D eigenvalue weighted by molar-refractivity contribution is 1.31. The highest BCUT2D eigenvalue weighted by Gasteiger charge is 2.06. The molecule has 3 aromatic rings. The Bertz CT molecular complexity index is 727. The summed E-state index contributed by atoms with van der Waals surface area (Å²) in [7, 11) is 0. The van der Waals surface area contributed by atoms with Crippen LogP contribution in [0.15, 0.2) is 48.1 Å². The van der Waals surface area contributed by atoms with Gasteiger partial charge in [-0.15, -0.1) is 11.3 Å². The van der Waals surface area contributed by atoms with Gasteiger partial charge in [0.15, 0.2) is 5.13 Å². The molecule has 0 aliphatic rings. The quantitative estimate of drug-likeness (QED) is 0.712. The van der Waals surface area contributed by atoms with Crippen LogP contribution in [0.1, 0.15) is 0 Å². The van der Waals surface area contributed by atoms with Gasteiger partial charge in [-0.2, -0.15) is 0 Å². The second kappa shape index (κ2) is 5.48. The van der Waals surface area contributed by atoms with E-state index in [0.29, 0.717) is 10.7 Å². The Labute approximate surface area is 125 Å². The molecule has 1 aromatic carbocycles. The van der Waals surface area contributed by atoms with Crippen molar-refractivity contribution in [3.8, 4) is 11.3 Å². The number of halogens is 1. The molecule has 0 spiro atoms. The average Bonchev–Trinajstić information content (AvgIpc) is 2.92. The number of nitrogens with zero attached hydrogens (tertiary/aromatic N) is 2. The number of hydrogen-bond acceptors (Lipinski definition) is 5. The Hall–Kier alpha value is -2.11. The van der Waals surface area contributed by atoms with Crippen LogP contribution in [0.4, 0.5) is 16.5 Å². The van der Waals surface area contributed by atoms with E-state index in [1.165, 1.54) is 11.3 Å². The Kier molecular flexibility index (Phi) is 3.54. The molecule has 2 aromatic heterocycles. The molecule has 0 saturated heterocycles. The van der Waals surface area contributed by atoms with E-state index in [4.69, 9.17) is 17.3 Å². The van der Waals surface area contributed by atoms with Crippen molar-refractivity contribution in [1.29, 1.82) is 0 Å². The van der Waals surface area contributed by atoms with Gasteiger partial charge < -0.3 is 11.1 Å². The van der Waals surface area contributed by atoms with E-state index in [0.717, 1.165) is 22.1 Å². The molecule has 0 radical (unpaired) electrons. The Morgan fingerprint density at radius 1 is 1.15 bits per heavy atom. The lowest BCUT2D eigenvalue weighted by atomic mass is 10.2. The SMILES string of the molecule is Nc1ccc(Nc2nc(-c3ccncc3)cs2)c(Cl)c1. The summed E-state index contributed by atoms with van der Waals surface area (Å²) in [6, 6.07) is 9.20. The first-order chi connectivity index (χ1) is 9.72. The fraction of sp³-hybridized carbons (Fsp3) is 0. The summed E-state index contributed by atoms with van der Waals surface area (Å²) < 4.78 is 0. The van der Waals surface area contributed by atoms with Crippen LogP contribution < -0.4 is 11.1 Å². The summed E-state index contributed by atoms with van der Waals surface area (Å²) in [6.07, 6.45) is 3.50. The molecule has 0 saturated carbocycles. The van der Waals surface area contributed by atoms with Gasteiger partial charge in [-0.05, 0) is 30.3 Å². The summed E-state index contributed by atoms with van der Waals surface area (Å²) in [4.78, 5) is 8.53. The van der Waals surface area contributed by atoms with E-state index >= 15 is 0 Å². The standard InChI is InChI=1S/C14H11ClN4S/c15-11-7-10(16)1-2-12(11)18-14-19-13(8-20-14)9-3-5-17-6-4-9/h1-8H,16H2,(H,18,19). The number of pyridine rings is 1. The van der Waals surface area contributed by atoms with Gasteiger partial charge in [0, 0.05) is 29.0 Å². The van der Waals surface area contributed by atoms with Crippen LogP contribution >= 0.6 is 22.9 Å². The molecule has 3 rings (SSSR count). The minimum absolute atomic E-state index is 0.575. The van der Waals surface area contributed by atoms with Gasteiger partial charge in [0.25, 0.3) is 0 Å². The minimum Gasteiger partial charge on any atom is -0.399 e. The van der Waals surface area contributed by atoms with Crippen molar-refractivity contribution in [2.75, 3.05) is 11.1 Å². The number of hydrogen-bond donors (Lipinski definition) is 2. The molecular weight excluding hydrogens is 292 g/mol. The highest BCUT2D eigenvalue weighted by molar-refractivity contribution is 7.14. The summed E-state index contributed by atoms with van der Waals surface area (Å²) in [5.74, 6) is 0. The van der Waals surface area contributed by atoms with Crippen molar-refractivity contribution in [3.05, 3.63) is 53.1 Å². The number of nitrogens with two attached hydrogens (primary N) is 1. The third-order valence-corrected chi connectivity index (χ3v) is 3.79. The van der Waals surface area contributed by atoms with E-state index in [1.807, 2.05) is 23.6 Å². The van der Waals surface area contributed by atoms with Crippen molar-refractivity contribution in [1.82, 2.24) is 9.97 Å². The molecule has 2 heterocycles. The summed E-state index contributed by atoms with van der Waals surface area (Å²) in [6.45, 7) is 0. The van der Waals surface area contributed by atoms with E-state index in [9.17, 15) is 0 Å². The highest BCUT2D eigenvalue weighted by Crippen LogP contribution is 2.30. The third kappa shape index (κ3) is 2.74. The molecule has 6 heteroatoms. The smallest absolute Gasteiger partial charge is 0.187 e. The number of nitrogens with one attached hydrogen (secondary N) is 1. The lowest BCUT2D eigenvalue weighted by Crippen LogP contribution is -1.92. The van der Waals surface area contributed by atoms with Gasteiger partial charge in [0.2, 0.25) is 0 Å². The van der Waals surface area contributed by atoms with Crippen LogP contribution in [0.3, 0.4) is 0 Å². The van der Waals surface area contributed by atoms with Crippen LogP contribution in [-0.4, -0.2) is 9.97 Å². The fourth-order valence-corrected chi connectivity index (χ4v) is 2.70. The zero-order chi connectivity index (χ0) is 13.9. The molecule has 3 N–H and O–H groups in total. The number of nitrogen functional groups attached to an aromatic ring is 1. The maximum Gasteiger partial charge on any atom is 0.187 e. The van der Waals surface area contributed by atoms with Gasteiger partial charge in [0.1, 0.15) is 0 Å². The summed E-state index contributed by atoms with van der Waals surface area (Å²) >= 11 is 7.65. The normalized spacial score (nSPS) is 10.4. The number of anilines is 3. The van der Waals surface area contributed by atoms with Gasteiger partial charge in [-0.1, -0.05) is 11.6 Å². The first-order valence-electron chi connectivity index (χ1n) is 5.90. The zero-order valence-electron chi connectivity index (χ0n) is 10.4. The maximum absolute atomic E-state index is 6.13. The van der Waals surface area contributed by atoms with Crippen molar-refractivity contribution in [3.63, 3.8) is 0 Å². The average molecular weight is 303 g/mol. The fourth-order valence-electron chi connectivity index (χ4n) is 1.73. The second-order valence-corrected chi connectivity index (χ2v) is 5.40. The van der Waals surface area contributed by atoms with Crippen LogP contribution in [0.5, 0.6) is 0 Å². The molecule has 0 fully saturated rings. The third-order valence-electron chi connectivity index (χ3n) is 2.72. The zero-order valence-corrected chi connectivity index (χ0v) is 11.9. The molecule has 20 heavy (non-hydrogen) atoms. The molecule has 0 aliphatic heterocycles. The van der Waals surface area contributed by atoms with Crippen LogP contribution in [-0.2, 0) is 0 Å². The van der Waals surface area contributed by atoms with E-state index in [2.05, 4.69) is 15.3 Å². The van der Waals surface area contributed by atoms with Crippen molar-refractivity contribution >= 4 is 39.4 Å². The minimum atomic E-state index is 0.575. The topological polar surface area (TPSA) is 63.8 Å². The van der Waals surface area contributed by atoms with Gasteiger partial charge in [-0.25, -0.2) is 4.98 Å². The number of thiazole rings is 1. The van der Waals surface area contributed by atoms with Gasteiger partial charge in [-0.3, -0.25) is 4.98 Å². The molecule has 0 amide bonds. The van der Waals surface area contributed by atoms with E-state index in [-0.39, 0.29) is 0 Å². The molecule has 0 aliphatic carbocycles. The summed E-state index contributed by atoms with van der Waals surface area (Å²) in [5.41, 5.74) is 9.04. The largest absolute Gasteiger partial charge is 0.399 e. The first-order valence-corrected chi connectivity index (χ1v) is 7.16. The van der Waals surface area contributed by atoms with Crippen molar-refractivity contribution in [2.45, 2.75) is 0 Å². The molecule has 4 nitrogen and oxygen atoms in total. The monoisotopic (exact) mass is 302 g/mol. The molecule has 100 valence electrons. The number of rotatable bonds is 3. The Morgan fingerprint density at radius 2 is 1.95 bits per heavy atom. The first kappa shape index (κ1) is 12.9. The second-order valence-electron chi connectivity index (χ2n) is 4.14. The number of aromatic nitrogens is 2. The van der Waals surface area contributed by atoms with Crippen LogP contribution in [0, 0.1) is 0 Å². The molecule has 0 bridgehead atoms. The maximum atomic E-state index is 6.13. The lowest BCUT2D eigenvalue weighted by Gasteiger charge is -2.05. The predicted molar refractivity (Wildman–Crippen MR) is 84.5 cm³/mol. The predicted octanol–water partition coefficient (Wildman–Crippen LogP) is 4.18. The van der Waals surface area contributed by atoms with Gasteiger partial charge >= 0.3 is 0 Å². The van der Waals surface area contributed by atoms with Crippen molar-refractivity contribution < 1.29 is 0 Å². The van der Waals surface area contributed by atoms with E-state index < -0.39 is 0 Å². The highest BCUT2D eigenvalue weighted by atomic mass is 35.5. The van der Waals surface area contributed by atoms with Crippen LogP contribution in [0.25, 0.3) is 11.3 Å². The Morgan fingerprint density at radius 3 is 2.70 bits per heavy atom. The van der Waals surface area contributed by atoms with Crippen molar-refractivity contribution in [2.24, 2.45) is 0 Å². The number of benzene rings is 1. The summed E-state index contributed by atoms with van der Waals surface area (Å²) in [5, 5.41) is 6.54. The molecule has 0 unspecified atom stereocenters.